The van der Waals surface area contributed by atoms with Crippen LogP contribution in [0.4, 0.5) is 0 Å². The van der Waals surface area contributed by atoms with Crippen molar-refractivity contribution in [2.45, 2.75) is 19.9 Å². The Balaban J connectivity index is 2.41. The molecule has 17 heavy (non-hydrogen) atoms. The Bertz CT molecular complexity index is 443. The summed E-state index contributed by atoms with van der Waals surface area (Å²) in [5, 5.41) is 9.11. The number of carboxylic acids is 1. The van der Waals surface area contributed by atoms with Crippen LogP contribution >= 0.6 is 0 Å². The molecule has 4 nitrogen and oxygen atoms in total. The molecule has 0 spiro atoms. The lowest BCUT2D eigenvalue weighted by atomic mass is 9.96. The van der Waals surface area contributed by atoms with Crippen LogP contribution in [0.3, 0.4) is 0 Å². The zero-order valence-corrected chi connectivity index (χ0v) is 10.2. The lowest BCUT2D eigenvalue weighted by Gasteiger charge is -2.28. The van der Waals surface area contributed by atoms with E-state index in [2.05, 4.69) is 11.8 Å². The summed E-state index contributed by atoms with van der Waals surface area (Å²) in [4.78, 5) is 13.4. The smallest absolute Gasteiger partial charge is 0.339 e. The molecule has 1 heterocycles. The summed E-state index contributed by atoms with van der Waals surface area (Å²) in [7, 11) is 1.51. The Labute approximate surface area is 101 Å². The van der Waals surface area contributed by atoms with Crippen LogP contribution in [0.5, 0.6) is 5.75 Å². The van der Waals surface area contributed by atoms with Crippen molar-refractivity contribution >= 4 is 5.97 Å². The maximum absolute atomic E-state index is 11.1. The van der Waals surface area contributed by atoms with Gasteiger partial charge in [-0.2, -0.15) is 0 Å². The van der Waals surface area contributed by atoms with Crippen LogP contribution in [-0.2, 0) is 13.0 Å². The molecule has 0 bridgehead atoms. The van der Waals surface area contributed by atoms with Crippen molar-refractivity contribution < 1.29 is 14.6 Å². The van der Waals surface area contributed by atoms with E-state index in [4.69, 9.17) is 9.84 Å². The van der Waals surface area contributed by atoms with Crippen LogP contribution in [0.1, 0.15) is 28.4 Å². The van der Waals surface area contributed by atoms with Crippen molar-refractivity contribution in [2.75, 3.05) is 20.2 Å². The van der Waals surface area contributed by atoms with Gasteiger partial charge in [0, 0.05) is 13.1 Å². The highest BCUT2D eigenvalue weighted by Crippen LogP contribution is 2.27. The van der Waals surface area contributed by atoms with Gasteiger partial charge in [0.05, 0.1) is 7.11 Å². The fraction of sp³-hybridized carbons (Fsp3) is 0.462. The van der Waals surface area contributed by atoms with Gasteiger partial charge in [-0.25, -0.2) is 4.79 Å². The third-order valence-corrected chi connectivity index (χ3v) is 3.29. The van der Waals surface area contributed by atoms with E-state index in [1.807, 2.05) is 6.07 Å². The highest BCUT2D eigenvalue weighted by atomic mass is 16.5. The van der Waals surface area contributed by atoms with Gasteiger partial charge in [0.25, 0.3) is 0 Å². The molecule has 92 valence electrons. The second-order valence-corrected chi connectivity index (χ2v) is 4.25. The third-order valence-electron chi connectivity index (χ3n) is 3.29. The number of aromatic carboxylic acids is 1. The number of nitrogens with zero attached hydrogens (tertiary/aromatic N) is 1. The van der Waals surface area contributed by atoms with Gasteiger partial charge in [0.15, 0.2) is 0 Å². The summed E-state index contributed by atoms with van der Waals surface area (Å²) in [6, 6.07) is 3.62. The first kappa shape index (κ1) is 11.9. The molecule has 1 aliphatic rings. The molecule has 1 aromatic rings. The van der Waals surface area contributed by atoms with Crippen molar-refractivity contribution in [3.8, 4) is 5.75 Å². The number of carboxylic acid groups (broad SMARTS) is 1. The van der Waals surface area contributed by atoms with Gasteiger partial charge in [0.1, 0.15) is 11.3 Å². The Kier molecular flexibility index (Phi) is 3.33. The molecule has 0 aliphatic carbocycles. The number of methoxy groups -OCH3 is 1. The summed E-state index contributed by atoms with van der Waals surface area (Å²) < 4.78 is 5.14. The Morgan fingerprint density at radius 1 is 1.47 bits per heavy atom. The average molecular weight is 235 g/mol. The Hall–Kier alpha value is -1.55. The summed E-state index contributed by atoms with van der Waals surface area (Å²) in [5.74, 6) is -0.475. The van der Waals surface area contributed by atoms with Crippen molar-refractivity contribution in [3.63, 3.8) is 0 Å². The highest BCUT2D eigenvalue weighted by molar-refractivity contribution is 5.91. The number of fused-ring (bicyclic) bond motifs is 1. The van der Waals surface area contributed by atoms with Gasteiger partial charge < -0.3 is 9.84 Å². The molecule has 0 unspecified atom stereocenters. The first-order valence-corrected chi connectivity index (χ1v) is 5.81. The van der Waals surface area contributed by atoms with Gasteiger partial charge in [-0.05, 0) is 36.2 Å². The zero-order chi connectivity index (χ0) is 12.4. The van der Waals surface area contributed by atoms with E-state index < -0.39 is 5.97 Å². The van der Waals surface area contributed by atoms with E-state index in [-0.39, 0.29) is 5.56 Å². The number of hydrogen-bond acceptors (Lipinski definition) is 3. The number of likely N-dealkylation sites (N-methyl/N-ethyl adjacent to an activating group) is 1. The highest BCUT2D eigenvalue weighted by Gasteiger charge is 2.20. The first-order valence-electron chi connectivity index (χ1n) is 5.81. The van der Waals surface area contributed by atoms with E-state index in [9.17, 15) is 4.79 Å². The second kappa shape index (κ2) is 4.75. The Morgan fingerprint density at radius 3 is 2.82 bits per heavy atom. The van der Waals surface area contributed by atoms with Gasteiger partial charge >= 0.3 is 5.97 Å². The number of carbonyl (C=O) groups is 1. The van der Waals surface area contributed by atoms with E-state index >= 15 is 0 Å². The molecule has 2 rings (SSSR count). The summed E-state index contributed by atoms with van der Waals surface area (Å²) in [6.07, 6.45) is 0.910. The predicted molar refractivity (Wildman–Crippen MR) is 64.6 cm³/mol. The summed E-state index contributed by atoms with van der Waals surface area (Å²) in [6.45, 7) is 5.02. The van der Waals surface area contributed by atoms with Crippen LogP contribution in [0.25, 0.3) is 0 Å². The van der Waals surface area contributed by atoms with Crippen molar-refractivity contribution in [2.24, 2.45) is 0 Å². The molecule has 1 aromatic carbocycles. The summed E-state index contributed by atoms with van der Waals surface area (Å²) >= 11 is 0. The molecule has 1 aliphatic heterocycles. The normalized spacial score (nSPS) is 15.4. The number of benzene rings is 1. The largest absolute Gasteiger partial charge is 0.496 e. The minimum absolute atomic E-state index is 0.260. The van der Waals surface area contributed by atoms with E-state index in [0.717, 1.165) is 31.6 Å². The van der Waals surface area contributed by atoms with Gasteiger partial charge in [-0.1, -0.05) is 6.92 Å². The molecule has 4 heteroatoms. The molecule has 0 radical (unpaired) electrons. The van der Waals surface area contributed by atoms with Gasteiger partial charge in [-0.15, -0.1) is 0 Å². The van der Waals surface area contributed by atoms with Crippen LogP contribution in [-0.4, -0.2) is 36.2 Å². The van der Waals surface area contributed by atoms with Crippen LogP contribution in [0.15, 0.2) is 12.1 Å². The minimum Gasteiger partial charge on any atom is -0.496 e. The molecule has 0 saturated carbocycles. The number of ether oxygens (including phenoxy) is 1. The number of hydrogen-bond donors (Lipinski definition) is 1. The van der Waals surface area contributed by atoms with Crippen molar-refractivity contribution in [1.82, 2.24) is 4.90 Å². The van der Waals surface area contributed by atoms with Crippen molar-refractivity contribution in [1.29, 1.82) is 0 Å². The van der Waals surface area contributed by atoms with Gasteiger partial charge in [0.2, 0.25) is 0 Å². The molecule has 0 saturated heterocycles. The SMILES string of the molecule is CCN1CCc2cc(C(=O)O)c(OC)cc2C1. The maximum Gasteiger partial charge on any atom is 0.339 e. The second-order valence-electron chi connectivity index (χ2n) is 4.25. The van der Waals surface area contributed by atoms with E-state index in [0.29, 0.717) is 5.75 Å². The third kappa shape index (κ3) is 2.26. The molecule has 0 amide bonds. The van der Waals surface area contributed by atoms with Crippen LogP contribution < -0.4 is 4.74 Å². The standard InChI is InChI=1S/C13H17NO3/c1-3-14-5-4-9-6-11(13(15)16)12(17-2)7-10(9)8-14/h6-7H,3-5,8H2,1-2H3,(H,15,16). The molecular weight excluding hydrogens is 218 g/mol. The first-order chi connectivity index (χ1) is 8.15. The molecule has 0 atom stereocenters. The lowest BCUT2D eigenvalue weighted by Crippen LogP contribution is -2.30. The molecule has 1 N–H and O–H groups in total. The lowest BCUT2D eigenvalue weighted by molar-refractivity contribution is 0.0693. The van der Waals surface area contributed by atoms with Crippen LogP contribution in [0.2, 0.25) is 0 Å². The molecule has 0 aromatic heterocycles. The van der Waals surface area contributed by atoms with E-state index in [1.165, 1.54) is 12.7 Å². The van der Waals surface area contributed by atoms with Gasteiger partial charge in [-0.3, -0.25) is 4.90 Å². The summed E-state index contributed by atoms with van der Waals surface area (Å²) in [5.41, 5.74) is 2.57. The van der Waals surface area contributed by atoms with Crippen LogP contribution in [0, 0.1) is 0 Å². The molecule has 0 fully saturated rings. The quantitative estimate of drug-likeness (QED) is 0.867. The molecular formula is C13H17NO3. The van der Waals surface area contributed by atoms with Crippen molar-refractivity contribution in [3.05, 3.63) is 28.8 Å². The maximum atomic E-state index is 11.1. The topological polar surface area (TPSA) is 49.8 Å². The fourth-order valence-electron chi connectivity index (χ4n) is 2.25. The Morgan fingerprint density at radius 2 is 2.24 bits per heavy atom. The number of rotatable bonds is 3. The average Bonchev–Trinajstić information content (AvgIpc) is 2.36. The fourth-order valence-corrected chi connectivity index (χ4v) is 2.25. The predicted octanol–water partition coefficient (Wildman–Crippen LogP) is 1.77. The monoisotopic (exact) mass is 235 g/mol. The zero-order valence-electron chi connectivity index (χ0n) is 10.2. The van der Waals surface area contributed by atoms with E-state index in [1.54, 1.807) is 6.07 Å². The minimum atomic E-state index is -0.928.